The monoisotopic (exact) mass is 242 g/mol. The largest absolute Gasteiger partial charge is 0.360 e. The number of H-pyrrole nitrogens is 1. The van der Waals surface area contributed by atoms with Crippen LogP contribution in [0.2, 0.25) is 0 Å². The van der Waals surface area contributed by atoms with Crippen LogP contribution in [-0.4, -0.2) is 23.5 Å². The SMILES string of the molecule is Cc1noc(C)c1S(=O)(=O)Nc1ncc[nH]1. The van der Waals surface area contributed by atoms with Crippen molar-refractivity contribution in [3.8, 4) is 0 Å². The van der Waals surface area contributed by atoms with Crippen molar-refractivity contribution in [2.24, 2.45) is 0 Å². The van der Waals surface area contributed by atoms with Crippen molar-refractivity contribution in [1.82, 2.24) is 15.1 Å². The Kier molecular flexibility index (Phi) is 2.43. The van der Waals surface area contributed by atoms with E-state index in [0.717, 1.165) is 0 Å². The third kappa shape index (κ3) is 1.78. The number of nitrogens with zero attached hydrogens (tertiary/aromatic N) is 2. The van der Waals surface area contributed by atoms with E-state index in [1.165, 1.54) is 19.3 Å². The normalized spacial score (nSPS) is 11.6. The van der Waals surface area contributed by atoms with Gasteiger partial charge in [0.05, 0.1) is 0 Å². The number of aryl methyl sites for hydroxylation is 2. The first-order valence-electron chi connectivity index (χ1n) is 4.46. The lowest BCUT2D eigenvalue weighted by atomic mass is 10.4. The Bertz CT molecular complexity index is 565. The summed E-state index contributed by atoms with van der Waals surface area (Å²) in [5.74, 6) is 0.400. The summed E-state index contributed by atoms with van der Waals surface area (Å²) < 4.78 is 31.0. The quantitative estimate of drug-likeness (QED) is 0.829. The van der Waals surface area contributed by atoms with E-state index in [1.807, 2.05) is 0 Å². The standard InChI is InChI=1S/C8H10N4O3S/c1-5-7(6(2)15-11-5)16(13,14)12-8-9-3-4-10-8/h3-4H,1-2H3,(H2,9,10,12). The lowest BCUT2D eigenvalue weighted by Gasteiger charge is -2.03. The fourth-order valence-electron chi connectivity index (χ4n) is 1.36. The third-order valence-electron chi connectivity index (χ3n) is 1.97. The second-order valence-corrected chi connectivity index (χ2v) is 4.82. The van der Waals surface area contributed by atoms with Gasteiger partial charge in [-0.05, 0) is 13.8 Å². The van der Waals surface area contributed by atoms with Crippen molar-refractivity contribution in [3.05, 3.63) is 23.8 Å². The zero-order valence-corrected chi connectivity index (χ0v) is 9.50. The van der Waals surface area contributed by atoms with Crippen molar-refractivity contribution >= 4 is 16.0 Å². The van der Waals surface area contributed by atoms with E-state index >= 15 is 0 Å². The molecule has 0 amide bonds. The van der Waals surface area contributed by atoms with Crippen LogP contribution in [0.1, 0.15) is 11.5 Å². The minimum Gasteiger partial charge on any atom is -0.360 e. The molecule has 0 aliphatic rings. The highest BCUT2D eigenvalue weighted by Crippen LogP contribution is 2.20. The van der Waals surface area contributed by atoms with Gasteiger partial charge in [-0.2, -0.15) is 0 Å². The van der Waals surface area contributed by atoms with E-state index in [2.05, 4.69) is 19.8 Å². The summed E-state index contributed by atoms with van der Waals surface area (Å²) in [6, 6.07) is 0. The van der Waals surface area contributed by atoms with Gasteiger partial charge in [0.2, 0.25) is 5.95 Å². The molecule has 2 aromatic heterocycles. The minimum absolute atomic E-state index is 0.0453. The number of sulfonamides is 1. The first-order chi connectivity index (χ1) is 7.50. The van der Waals surface area contributed by atoms with Crippen LogP contribution in [0.4, 0.5) is 5.95 Å². The van der Waals surface area contributed by atoms with Crippen LogP contribution in [0.25, 0.3) is 0 Å². The van der Waals surface area contributed by atoms with Crippen LogP contribution in [0.5, 0.6) is 0 Å². The van der Waals surface area contributed by atoms with Crippen LogP contribution in [0.3, 0.4) is 0 Å². The van der Waals surface area contributed by atoms with Gasteiger partial charge in [0, 0.05) is 12.4 Å². The van der Waals surface area contributed by atoms with E-state index in [4.69, 9.17) is 4.52 Å². The van der Waals surface area contributed by atoms with Gasteiger partial charge >= 0.3 is 0 Å². The Balaban J connectivity index is 2.40. The number of anilines is 1. The molecule has 0 fully saturated rings. The topological polar surface area (TPSA) is 101 Å². The summed E-state index contributed by atoms with van der Waals surface area (Å²) in [7, 11) is -3.70. The molecule has 0 spiro atoms. The molecule has 2 N–H and O–H groups in total. The molecule has 2 aromatic rings. The Morgan fingerprint density at radius 2 is 2.19 bits per heavy atom. The second-order valence-electron chi connectivity index (χ2n) is 3.20. The van der Waals surface area contributed by atoms with Crippen LogP contribution in [0.15, 0.2) is 21.8 Å². The average Bonchev–Trinajstić information content (AvgIpc) is 2.76. The predicted octanol–water partition coefficient (Wildman–Crippen LogP) is 0.815. The second kappa shape index (κ2) is 3.63. The zero-order valence-electron chi connectivity index (χ0n) is 8.68. The number of aromatic nitrogens is 3. The van der Waals surface area contributed by atoms with Gasteiger partial charge in [0.1, 0.15) is 5.69 Å². The molecule has 2 rings (SSSR count). The number of aromatic amines is 1. The van der Waals surface area contributed by atoms with Crippen LogP contribution >= 0.6 is 0 Å². The van der Waals surface area contributed by atoms with Gasteiger partial charge in [0.25, 0.3) is 10.0 Å². The summed E-state index contributed by atoms with van der Waals surface area (Å²) >= 11 is 0. The highest BCUT2D eigenvalue weighted by atomic mass is 32.2. The highest BCUT2D eigenvalue weighted by Gasteiger charge is 2.24. The fourth-order valence-corrected chi connectivity index (χ4v) is 2.67. The van der Waals surface area contributed by atoms with E-state index < -0.39 is 10.0 Å². The Labute approximate surface area is 91.9 Å². The summed E-state index contributed by atoms with van der Waals surface area (Å²) in [6.45, 7) is 3.10. The molecule has 0 unspecified atom stereocenters. The van der Waals surface area contributed by atoms with E-state index in [-0.39, 0.29) is 16.6 Å². The molecule has 0 saturated heterocycles. The number of nitrogens with one attached hydrogen (secondary N) is 2. The van der Waals surface area contributed by atoms with Crippen molar-refractivity contribution in [3.63, 3.8) is 0 Å². The molecule has 16 heavy (non-hydrogen) atoms. The van der Waals surface area contributed by atoms with Crippen molar-refractivity contribution in [1.29, 1.82) is 0 Å². The van der Waals surface area contributed by atoms with E-state index in [1.54, 1.807) is 6.92 Å². The molecule has 0 radical (unpaired) electrons. The van der Waals surface area contributed by atoms with Crippen LogP contribution in [0, 0.1) is 13.8 Å². The zero-order chi connectivity index (χ0) is 11.8. The summed E-state index contributed by atoms with van der Waals surface area (Å²) in [5, 5.41) is 3.59. The maximum atomic E-state index is 11.9. The number of hydrogen-bond donors (Lipinski definition) is 2. The first-order valence-corrected chi connectivity index (χ1v) is 5.94. The summed E-state index contributed by atoms with van der Waals surface area (Å²) in [6.07, 6.45) is 2.97. The Hall–Kier alpha value is -1.83. The molecule has 86 valence electrons. The van der Waals surface area contributed by atoms with Crippen LogP contribution < -0.4 is 4.72 Å². The molecule has 0 atom stereocenters. The fraction of sp³-hybridized carbons (Fsp3) is 0.250. The molecule has 0 bridgehead atoms. The summed E-state index contributed by atoms with van der Waals surface area (Å²) in [4.78, 5) is 6.46. The Morgan fingerprint density at radius 1 is 1.44 bits per heavy atom. The van der Waals surface area contributed by atoms with Gasteiger partial charge in [-0.15, -0.1) is 0 Å². The number of rotatable bonds is 3. The smallest absolute Gasteiger partial charge is 0.269 e. The lowest BCUT2D eigenvalue weighted by molar-refractivity contribution is 0.390. The molecule has 0 saturated carbocycles. The van der Waals surface area contributed by atoms with Crippen molar-refractivity contribution in [2.75, 3.05) is 4.72 Å². The molecule has 0 aromatic carbocycles. The van der Waals surface area contributed by atoms with Gasteiger partial charge in [-0.3, -0.25) is 0 Å². The molecular weight excluding hydrogens is 232 g/mol. The summed E-state index contributed by atoms with van der Waals surface area (Å²) in [5.41, 5.74) is 0.316. The van der Waals surface area contributed by atoms with E-state index in [9.17, 15) is 8.42 Å². The molecule has 7 nitrogen and oxygen atoms in total. The van der Waals surface area contributed by atoms with Gasteiger partial charge in [-0.1, -0.05) is 5.16 Å². The van der Waals surface area contributed by atoms with Crippen molar-refractivity contribution in [2.45, 2.75) is 18.7 Å². The van der Waals surface area contributed by atoms with Gasteiger partial charge in [0.15, 0.2) is 10.7 Å². The van der Waals surface area contributed by atoms with Gasteiger partial charge in [-0.25, -0.2) is 18.1 Å². The minimum atomic E-state index is -3.70. The highest BCUT2D eigenvalue weighted by molar-refractivity contribution is 7.92. The van der Waals surface area contributed by atoms with Gasteiger partial charge < -0.3 is 9.51 Å². The molecule has 2 heterocycles. The van der Waals surface area contributed by atoms with Crippen molar-refractivity contribution < 1.29 is 12.9 Å². The van der Waals surface area contributed by atoms with E-state index in [0.29, 0.717) is 5.69 Å². The Morgan fingerprint density at radius 3 is 2.69 bits per heavy atom. The predicted molar refractivity (Wildman–Crippen MR) is 55.4 cm³/mol. The van der Waals surface area contributed by atoms with Crippen LogP contribution in [-0.2, 0) is 10.0 Å². The maximum absolute atomic E-state index is 11.9. The first kappa shape index (κ1) is 10.7. The average molecular weight is 242 g/mol. The molecule has 0 aliphatic carbocycles. The number of imidazole rings is 1. The molecule has 8 heteroatoms. The molecular formula is C8H10N4O3S. The number of hydrogen-bond acceptors (Lipinski definition) is 5. The molecule has 0 aliphatic heterocycles. The third-order valence-corrected chi connectivity index (χ3v) is 3.55. The lowest BCUT2D eigenvalue weighted by Crippen LogP contribution is -2.15. The maximum Gasteiger partial charge on any atom is 0.269 e.